The van der Waals surface area contributed by atoms with Crippen LogP contribution >= 0.6 is 0 Å². The van der Waals surface area contributed by atoms with Gasteiger partial charge in [-0.2, -0.15) is 0 Å². The van der Waals surface area contributed by atoms with Crippen molar-refractivity contribution in [3.63, 3.8) is 0 Å². The molecule has 0 aliphatic carbocycles. The Hall–Kier alpha value is -3.16. The van der Waals surface area contributed by atoms with Crippen LogP contribution in [0.1, 0.15) is 11.1 Å². The molecule has 0 atom stereocenters. The van der Waals surface area contributed by atoms with Crippen LogP contribution in [0.25, 0.3) is 0 Å². The highest BCUT2D eigenvalue weighted by molar-refractivity contribution is 5.51. The van der Waals surface area contributed by atoms with E-state index in [1.807, 2.05) is 0 Å². The summed E-state index contributed by atoms with van der Waals surface area (Å²) in [6.45, 7) is 0. The summed E-state index contributed by atoms with van der Waals surface area (Å²) in [5.41, 5.74) is 0.167. The maximum absolute atomic E-state index is 10.7. The standard InChI is InChI=1S/C13H10N2O6/c16-12-3-1-8(6-10(12)14(18)19)5-9-2-4-13(17)11(7-9)15(20)21/h1-4,6-7,16-17H,5H2. The highest BCUT2D eigenvalue weighted by atomic mass is 16.6. The van der Waals surface area contributed by atoms with E-state index in [9.17, 15) is 30.4 Å². The molecule has 0 bridgehead atoms. The molecule has 8 heteroatoms. The van der Waals surface area contributed by atoms with Crippen molar-refractivity contribution in [3.8, 4) is 11.5 Å². The van der Waals surface area contributed by atoms with E-state index in [1.165, 1.54) is 36.4 Å². The first-order valence-electron chi connectivity index (χ1n) is 5.81. The third-order valence-corrected chi connectivity index (χ3v) is 2.88. The minimum absolute atomic E-state index is 0.197. The van der Waals surface area contributed by atoms with E-state index in [0.717, 1.165) is 0 Å². The maximum Gasteiger partial charge on any atom is 0.310 e. The molecule has 0 heterocycles. The highest BCUT2D eigenvalue weighted by Crippen LogP contribution is 2.30. The minimum Gasteiger partial charge on any atom is -0.502 e. The fourth-order valence-electron chi connectivity index (χ4n) is 1.89. The zero-order valence-electron chi connectivity index (χ0n) is 10.6. The van der Waals surface area contributed by atoms with Crippen LogP contribution in [0.4, 0.5) is 11.4 Å². The fraction of sp³-hybridized carbons (Fsp3) is 0.0769. The number of rotatable bonds is 4. The van der Waals surface area contributed by atoms with Crippen LogP contribution in [-0.4, -0.2) is 20.1 Å². The molecule has 8 nitrogen and oxygen atoms in total. The molecule has 0 radical (unpaired) electrons. The van der Waals surface area contributed by atoms with Gasteiger partial charge in [0.05, 0.1) is 9.85 Å². The molecule has 0 aliphatic heterocycles. The van der Waals surface area contributed by atoms with Gasteiger partial charge < -0.3 is 10.2 Å². The van der Waals surface area contributed by atoms with Crippen LogP contribution in [0.15, 0.2) is 36.4 Å². The molecule has 2 N–H and O–H groups in total. The third-order valence-electron chi connectivity index (χ3n) is 2.88. The summed E-state index contributed by atoms with van der Waals surface area (Å²) in [6, 6.07) is 7.77. The van der Waals surface area contributed by atoms with Gasteiger partial charge >= 0.3 is 11.4 Å². The average Bonchev–Trinajstić information content (AvgIpc) is 2.42. The second-order valence-corrected chi connectivity index (χ2v) is 4.34. The van der Waals surface area contributed by atoms with Gasteiger partial charge in [0.2, 0.25) is 0 Å². The summed E-state index contributed by atoms with van der Waals surface area (Å²) < 4.78 is 0. The number of phenols is 2. The Labute approximate surface area is 118 Å². The van der Waals surface area contributed by atoms with Gasteiger partial charge in [-0.1, -0.05) is 12.1 Å². The van der Waals surface area contributed by atoms with Crippen LogP contribution in [0.2, 0.25) is 0 Å². The van der Waals surface area contributed by atoms with Crippen molar-refractivity contribution < 1.29 is 20.1 Å². The first kappa shape index (κ1) is 14.3. The van der Waals surface area contributed by atoms with Gasteiger partial charge in [-0.05, 0) is 29.7 Å². The Bertz CT molecular complexity index is 667. The quantitative estimate of drug-likeness (QED) is 0.657. The maximum atomic E-state index is 10.7. The zero-order valence-corrected chi connectivity index (χ0v) is 10.6. The van der Waals surface area contributed by atoms with Crippen molar-refractivity contribution in [2.24, 2.45) is 0 Å². The van der Waals surface area contributed by atoms with Gasteiger partial charge in [-0.15, -0.1) is 0 Å². The highest BCUT2D eigenvalue weighted by Gasteiger charge is 2.16. The van der Waals surface area contributed by atoms with Crippen LogP contribution in [0.5, 0.6) is 11.5 Å². The molecule has 0 unspecified atom stereocenters. The lowest BCUT2D eigenvalue weighted by Crippen LogP contribution is -1.95. The van der Waals surface area contributed by atoms with Crippen LogP contribution in [0, 0.1) is 20.2 Å². The Morgan fingerprint density at radius 2 is 1.19 bits per heavy atom. The SMILES string of the molecule is O=[N+]([O-])c1cc(Cc2ccc(O)c([N+](=O)[O-])c2)ccc1O. The minimum atomic E-state index is -0.710. The van der Waals surface area contributed by atoms with E-state index < -0.39 is 32.7 Å². The van der Waals surface area contributed by atoms with E-state index >= 15 is 0 Å². The summed E-state index contributed by atoms with van der Waals surface area (Å²) in [4.78, 5) is 20.1. The first-order chi connectivity index (χ1) is 9.88. The lowest BCUT2D eigenvalue weighted by atomic mass is 10.0. The number of hydrogen-bond acceptors (Lipinski definition) is 6. The van der Waals surface area contributed by atoms with Crippen molar-refractivity contribution in [3.05, 3.63) is 67.8 Å². The van der Waals surface area contributed by atoms with E-state index in [4.69, 9.17) is 0 Å². The van der Waals surface area contributed by atoms with Crippen LogP contribution < -0.4 is 0 Å². The largest absolute Gasteiger partial charge is 0.502 e. The van der Waals surface area contributed by atoms with E-state index in [2.05, 4.69) is 0 Å². The summed E-state index contributed by atoms with van der Waals surface area (Å²) >= 11 is 0. The smallest absolute Gasteiger partial charge is 0.310 e. The van der Waals surface area contributed by atoms with E-state index in [0.29, 0.717) is 11.1 Å². The second-order valence-electron chi connectivity index (χ2n) is 4.34. The number of hydrogen-bond donors (Lipinski definition) is 2. The lowest BCUT2D eigenvalue weighted by Gasteiger charge is -2.04. The molecule has 108 valence electrons. The summed E-state index contributed by atoms with van der Waals surface area (Å²) in [5.74, 6) is -0.888. The predicted molar refractivity (Wildman–Crippen MR) is 72.3 cm³/mol. The van der Waals surface area contributed by atoms with Crippen molar-refractivity contribution in [2.45, 2.75) is 6.42 Å². The summed E-state index contributed by atoms with van der Waals surface area (Å²) in [7, 11) is 0. The van der Waals surface area contributed by atoms with E-state index in [1.54, 1.807) is 0 Å². The molecule has 2 aromatic rings. The topological polar surface area (TPSA) is 127 Å². The Kier molecular flexibility index (Phi) is 3.70. The van der Waals surface area contributed by atoms with Gasteiger partial charge in [0.25, 0.3) is 0 Å². The summed E-state index contributed by atoms with van der Waals surface area (Å²) in [5, 5.41) is 40.2. The van der Waals surface area contributed by atoms with Gasteiger partial charge in [0.1, 0.15) is 0 Å². The molecular weight excluding hydrogens is 280 g/mol. The third kappa shape index (κ3) is 3.06. The van der Waals surface area contributed by atoms with Crippen molar-refractivity contribution in [1.82, 2.24) is 0 Å². The molecule has 0 saturated heterocycles. The van der Waals surface area contributed by atoms with Crippen LogP contribution in [-0.2, 0) is 6.42 Å². The van der Waals surface area contributed by atoms with Crippen molar-refractivity contribution in [1.29, 1.82) is 0 Å². The van der Waals surface area contributed by atoms with Gasteiger partial charge in [0.15, 0.2) is 11.5 Å². The molecule has 0 saturated carbocycles. The fourth-order valence-corrected chi connectivity index (χ4v) is 1.89. The van der Waals surface area contributed by atoms with Crippen molar-refractivity contribution >= 4 is 11.4 Å². The number of phenolic OH excluding ortho intramolecular Hbond substituents is 2. The van der Waals surface area contributed by atoms with Crippen LogP contribution in [0.3, 0.4) is 0 Å². The lowest BCUT2D eigenvalue weighted by molar-refractivity contribution is -0.386. The molecule has 2 rings (SSSR count). The Morgan fingerprint density at radius 3 is 1.52 bits per heavy atom. The molecule has 0 aliphatic rings. The molecule has 0 amide bonds. The molecule has 0 aromatic heterocycles. The number of benzene rings is 2. The molecule has 0 fully saturated rings. The number of aromatic hydroxyl groups is 2. The molecule has 0 spiro atoms. The molecular formula is C13H10N2O6. The van der Waals surface area contributed by atoms with E-state index in [-0.39, 0.29) is 6.42 Å². The first-order valence-corrected chi connectivity index (χ1v) is 5.81. The summed E-state index contributed by atoms with van der Waals surface area (Å²) in [6.07, 6.45) is 0.197. The van der Waals surface area contributed by atoms with Gasteiger partial charge in [-0.3, -0.25) is 20.2 Å². The molecule has 2 aromatic carbocycles. The Balaban J connectivity index is 2.34. The second kappa shape index (κ2) is 5.45. The van der Waals surface area contributed by atoms with Crippen molar-refractivity contribution in [2.75, 3.05) is 0 Å². The molecule has 21 heavy (non-hydrogen) atoms. The average molecular weight is 290 g/mol. The number of nitro groups is 2. The Morgan fingerprint density at radius 1 is 0.810 bits per heavy atom. The monoisotopic (exact) mass is 290 g/mol. The predicted octanol–water partition coefficient (Wildman–Crippen LogP) is 2.51. The number of nitrogens with zero attached hydrogens (tertiary/aromatic N) is 2. The van der Waals surface area contributed by atoms with Gasteiger partial charge in [-0.25, -0.2) is 0 Å². The zero-order chi connectivity index (χ0) is 15.6. The van der Waals surface area contributed by atoms with Gasteiger partial charge in [0, 0.05) is 12.1 Å². The number of nitro benzene ring substituents is 2. The normalized spacial score (nSPS) is 10.3.